The van der Waals surface area contributed by atoms with Gasteiger partial charge in [-0.2, -0.15) is 0 Å². The molecule has 0 aromatic carbocycles. The summed E-state index contributed by atoms with van der Waals surface area (Å²) in [5.74, 6) is 0.551. The number of hydrogen-bond acceptors (Lipinski definition) is 5. The fraction of sp³-hybridized carbons (Fsp3) is 0.526. The fourth-order valence-corrected chi connectivity index (χ4v) is 4.27. The SMILES string of the molecule is Cc1ncc(Cl)cc1C(=O)NC1CCC(CNc2nc(C)c(C)s2)CC1. The summed E-state index contributed by atoms with van der Waals surface area (Å²) in [6.45, 7) is 6.92. The van der Waals surface area contributed by atoms with E-state index in [1.807, 2.05) is 13.8 Å². The first kappa shape index (κ1) is 19.1. The van der Waals surface area contributed by atoms with Crippen LogP contribution in [0.15, 0.2) is 12.3 Å². The van der Waals surface area contributed by atoms with Crippen molar-refractivity contribution < 1.29 is 4.79 Å². The molecule has 0 atom stereocenters. The minimum Gasteiger partial charge on any atom is -0.361 e. The molecule has 1 aliphatic carbocycles. The summed E-state index contributed by atoms with van der Waals surface area (Å²) in [4.78, 5) is 22.4. The second kappa shape index (κ2) is 8.35. The predicted molar refractivity (Wildman–Crippen MR) is 107 cm³/mol. The van der Waals surface area contributed by atoms with Gasteiger partial charge in [-0.25, -0.2) is 4.98 Å². The average molecular weight is 393 g/mol. The molecule has 0 saturated heterocycles. The maximum atomic E-state index is 12.5. The third-order valence-corrected chi connectivity index (χ3v) is 6.29. The van der Waals surface area contributed by atoms with Crippen LogP contribution in [-0.4, -0.2) is 28.5 Å². The van der Waals surface area contributed by atoms with E-state index >= 15 is 0 Å². The van der Waals surface area contributed by atoms with E-state index in [9.17, 15) is 4.79 Å². The molecule has 1 amide bonds. The lowest BCUT2D eigenvalue weighted by molar-refractivity contribution is 0.0921. The number of carbonyl (C=O) groups is 1. The molecule has 2 aromatic rings. The molecule has 3 rings (SSSR count). The first-order valence-electron chi connectivity index (χ1n) is 9.03. The smallest absolute Gasteiger partial charge is 0.253 e. The van der Waals surface area contributed by atoms with Crippen molar-refractivity contribution in [2.75, 3.05) is 11.9 Å². The van der Waals surface area contributed by atoms with E-state index in [1.54, 1.807) is 23.6 Å². The van der Waals surface area contributed by atoms with Crippen LogP contribution in [0.5, 0.6) is 0 Å². The van der Waals surface area contributed by atoms with E-state index in [1.165, 1.54) is 4.88 Å². The number of pyridine rings is 1. The molecule has 0 spiro atoms. The Kier molecular flexibility index (Phi) is 6.14. The molecule has 1 fully saturated rings. The maximum absolute atomic E-state index is 12.5. The normalized spacial score (nSPS) is 20.0. The zero-order chi connectivity index (χ0) is 18.7. The van der Waals surface area contributed by atoms with E-state index in [0.29, 0.717) is 22.2 Å². The Morgan fingerprint density at radius 3 is 2.62 bits per heavy atom. The van der Waals surface area contributed by atoms with Gasteiger partial charge in [0.15, 0.2) is 5.13 Å². The number of nitrogens with zero attached hydrogens (tertiary/aromatic N) is 2. The molecule has 26 heavy (non-hydrogen) atoms. The van der Waals surface area contributed by atoms with E-state index < -0.39 is 0 Å². The number of aromatic nitrogens is 2. The van der Waals surface area contributed by atoms with Crippen LogP contribution in [0.25, 0.3) is 0 Å². The largest absolute Gasteiger partial charge is 0.361 e. The van der Waals surface area contributed by atoms with E-state index in [-0.39, 0.29) is 11.9 Å². The lowest BCUT2D eigenvalue weighted by atomic mass is 9.86. The summed E-state index contributed by atoms with van der Waals surface area (Å²) in [5.41, 5.74) is 2.38. The van der Waals surface area contributed by atoms with Crippen LogP contribution in [0.3, 0.4) is 0 Å². The monoisotopic (exact) mass is 392 g/mol. The van der Waals surface area contributed by atoms with Crippen LogP contribution in [0, 0.1) is 26.7 Å². The van der Waals surface area contributed by atoms with Gasteiger partial charge in [-0.15, -0.1) is 11.3 Å². The van der Waals surface area contributed by atoms with Crippen molar-refractivity contribution in [2.24, 2.45) is 5.92 Å². The number of carbonyl (C=O) groups excluding carboxylic acids is 1. The molecule has 0 radical (unpaired) electrons. The quantitative estimate of drug-likeness (QED) is 0.785. The van der Waals surface area contributed by atoms with Gasteiger partial charge < -0.3 is 10.6 Å². The van der Waals surface area contributed by atoms with Crippen LogP contribution < -0.4 is 10.6 Å². The van der Waals surface area contributed by atoms with Gasteiger partial charge in [-0.1, -0.05) is 11.6 Å². The highest BCUT2D eigenvalue weighted by Crippen LogP contribution is 2.27. The summed E-state index contributed by atoms with van der Waals surface area (Å²) in [6, 6.07) is 1.91. The van der Waals surface area contributed by atoms with Gasteiger partial charge in [0, 0.05) is 23.7 Å². The van der Waals surface area contributed by atoms with Crippen molar-refractivity contribution >= 4 is 34.0 Å². The average Bonchev–Trinajstić information content (AvgIpc) is 2.94. The number of nitrogens with one attached hydrogen (secondary N) is 2. The molecule has 2 N–H and O–H groups in total. The summed E-state index contributed by atoms with van der Waals surface area (Å²) >= 11 is 7.68. The highest BCUT2D eigenvalue weighted by molar-refractivity contribution is 7.15. The number of rotatable bonds is 5. The van der Waals surface area contributed by atoms with E-state index in [0.717, 1.165) is 43.1 Å². The minimum absolute atomic E-state index is 0.0761. The number of hydrogen-bond donors (Lipinski definition) is 2. The van der Waals surface area contributed by atoms with Gasteiger partial charge in [0.25, 0.3) is 5.91 Å². The number of thiazole rings is 1. The molecule has 2 aromatic heterocycles. The Balaban J connectivity index is 1.46. The second-order valence-corrected chi connectivity index (χ2v) is 8.66. The number of aryl methyl sites for hydroxylation is 3. The third kappa shape index (κ3) is 4.74. The van der Waals surface area contributed by atoms with Gasteiger partial charge in [-0.3, -0.25) is 9.78 Å². The fourth-order valence-electron chi connectivity index (χ4n) is 3.29. The molecule has 0 bridgehead atoms. The Labute approximate surface area is 163 Å². The van der Waals surface area contributed by atoms with Crippen molar-refractivity contribution in [1.82, 2.24) is 15.3 Å². The van der Waals surface area contributed by atoms with Crippen molar-refractivity contribution in [3.05, 3.63) is 39.1 Å². The zero-order valence-electron chi connectivity index (χ0n) is 15.4. The predicted octanol–water partition coefficient (Wildman–Crippen LogP) is 4.52. The first-order valence-corrected chi connectivity index (χ1v) is 10.2. The Hall–Kier alpha value is -1.66. The van der Waals surface area contributed by atoms with Crippen molar-refractivity contribution in [3.63, 3.8) is 0 Å². The molecule has 5 nitrogen and oxygen atoms in total. The Bertz CT molecular complexity index is 764. The number of anilines is 1. The molecule has 1 aliphatic rings. The molecular weight excluding hydrogens is 368 g/mol. The van der Waals surface area contributed by atoms with Crippen LogP contribution in [-0.2, 0) is 0 Å². The molecule has 140 valence electrons. The first-order chi connectivity index (χ1) is 12.4. The van der Waals surface area contributed by atoms with Crippen LogP contribution >= 0.6 is 22.9 Å². The lowest BCUT2D eigenvalue weighted by Crippen LogP contribution is -2.38. The van der Waals surface area contributed by atoms with Crippen molar-refractivity contribution in [1.29, 1.82) is 0 Å². The summed E-state index contributed by atoms with van der Waals surface area (Å²) in [7, 11) is 0. The summed E-state index contributed by atoms with van der Waals surface area (Å²) in [5, 5.41) is 8.11. The van der Waals surface area contributed by atoms with E-state index in [2.05, 4.69) is 27.5 Å². The zero-order valence-corrected chi connectivity index (χ0v) is 17.0. The van der Waals surface area contributed by atoms with Crippen molar-refractivity contribution in [3.8, 4) is 0 Å². The molecule has 0 unspecified atom stereocenters. The summed E-state index contributed by atoms with van der Waals surface area (Å²) < 4.78 is 0. The Morgan fingerprint density at radius 2 is 1.96 bits per heavy atom. The standard InChI is InChI=1S/C19H25ClN4OS/c1-11-13(3)26-19(23-11)22-9-14-4-6-16(7-5-14)24-18(25)17-8-15(20)10-21-12(17)2/h8,10,14,16H,4-7,9H2,1-3H3,(H,22,23)(H,24,25). The van der Waals surface area contributed by atoms with Crippen LogP contribution in [0.4, 0.5) is 5.13 Å². The van der Waals surface area contributed by atoms with Gasteiger partial charge in [-0.05, 0) is 58.4 Å². The van der Waals surface area contributed by atoms with Crippen molar-refractivity contribution in [2.45, 2.75) is 52.5 Å². The highest BCUT2D eigenvalue weighted by Gasteiger charge is 2.23. The van der Waals surface area contributed by atoms with Gasteiger partial charge in [0.1, 0.15) is 0 Å². The molecule has 2 heterocycles. The maximum Gasteiger partial charge on any atom is 0.253 e. The number of halogens is 1. The van der Waals surface area contributed by atoms with E-state index in [4.69, 9.17) is 11.6 Å². The topological polar surface area (TPSA) is 66.9 Å². The van der Waals surface area contributed by atoms with Gasteiger partial charge >= 0.3 is 0 Å². The molecule has 0 aliphatic heterocycles. The summed E-state index contributed by atoms with van der Waals surface area (Å²) in [6.07, 6.45) is 5.78. The Morgan fingerprint density at radius 1 is 1.23 bits per heavy atom. The second-order valence-electron chi connectivity index (χ2n) is 7.02. The minimum atomic E-state index is -0.0761. The van der Waals surface area contributed by atoms with Gasteiger partial charge in [0.2, 0.25) is 0 Å². The van der Waals surface area contributed by atoms with Crippen LogP contribution in [0.2, 0.25) is 5.02 Å². The van der Waals surface area contributed by atoms with Gasteiger partial charge in [0.05, 0.1) is 22.0 Å². The molecular formula is C19H25ClN4OS. The third-order valence-electron chi connectivity index (χ3n) is 5.05. The molecule has 1 saturated carbocycles. The molecule has 7 heteroatoms. The highest BCUT2D eigenvalue weighted by atomic mass is 35.5. The van der Waals surface area contributed by atoms with Crippen LogP contribution in [0.1, 0.15) is 52.3 Å². The number of amides is 1. The lowest BCUT2D eigenvalue weighted by Gasteiger charge is -2.29.